The van der Waals surface area contributed by atoms with Gasteiger partial charge < -0.3 is 10.5 Å². The maximum absolute atomic E-state index is 6.05. The SMILES string of the molecule is Cc1cc(C)c(C)c(Oc2ccc(CC(C)N)c(Br)c2)c1. The molecule has 0 heterocycles. The monoisotopic (exact) mass is 347 g/mol. The number of rotatable bonds is 4. The molecular formula is C18H22BrNO. The van der Waals surface area contributed by atoms with Crippen molar-refractivity contribution < 1.29 is 4.74 Å². The molecule has 21 heavy (non-hydrogen) atoms. The number of benzene rings is 2. The lowest BCUT2D eigenvalue weighted by molar-refractivity contribution is 0.477. The molecule has 3 heteroatoms. The Morgan fingerprint density at radius 2 is 1.86 bits per heavy atom. The summed E-state index contributed by atoms with van der Waals surface area (Å²) in [5.41, 5.74) is 10.7. The Balaban J connectivity index is 2.27. The zero-order valence-electron chi connectivity index (χ0n) is 13.0. The third-order valence-corrected chi connectivity index (χ3v) is 4.30. The maximum Gasteiger partial charge on any atom is 0.130 e. The van der Waals surface area contributed by atoms with E-state index in [0.717, 1.165) is 22.4 Å². The van der Waals surface area contributed by atoms with E-state index in [9.17, 15) is 0 Å². The van der Waals surface area contributed by atoms with Crippen molar-refractivity contribution in [3.63, 3.8) is 0 Å². The van der Waals surface area contributed by atoms with Crippen LogP contribution in [0.25, 0.3) is 0 Å². The Labute approximate surface area is 135 Å². The summed E-state index contributed by atoms with van der Waals surface area (Å²) < 4.78 is 7.09. The zero-order valence-corrected chi connectivity index (χ0v) is 14.6. The van der Waals surface area contributed by atoms with Gasteiger partial charge in [-0.2, -0.15) is 0 Å². The van der Waals surface area contributed by atoms with Crippen LogP contribution < -0.4 is 10.5 Å². The second-order valence-corrected chi connectivity index (χ2v) is 6.60. The van der Waals surface area contributed by atoms with E-state index in [1.807, 2.05) is 19.1 Å². The molecule has 1 unspecified atom stereocenters. The van der Waals surface area contributed by atoms with Gasteiger partial charge in [-0.25, -0.2) is 0 Å². The molecule has 2 N–H and O–H groups in total. The van der Waals surface area contributed by atoms with E-state index >= 15 is 0 Å². The van der Waals surface area contributed by atoms with Crippen molar-refractivity contribution in [1.29, 1.82) is 0 Å². The molecule has 0 aliphatic carbocycles. The van der Waals surface area contributed by atoms with E-state index in [0.29, 0.717) is 0 Å². The highest BCUT2D eigenvalue weighted by atomic mass is 79.9. The number of nitrogens with two attached hydrogens (primary N) is 1. The lowest BCUT2D eigenvalue weighted by Gasteiger charge is -2.14. The lowest BCUT2D eigenvalue weighted by Crippen LogP contribution is -2.17. The summed E-state index contributed by atoms with van der Waals surface area (Å²) in [5, 5.41) is 0. The summed E-state index contributed by atoms with van der Waals surface area (Å²) >= 11 is 3.60. The van der Waals surface area contributed by atoms with Crippen molar-refractivity contribution in [1.82, 2.24) is 0 Å². The molecule has 112 valence electrons. The Morgan fingerprint density at radius 3 is 2.48 bits per heavy atom. The normalized spacial score (nSPS) is 12.3. The largest absolute Gasteiger partial charge is 0.457 e. The minimum Gasteiger partial charge on any atom is -0.457 e. The second-order valence-electron chi connectivity index (χ2n) is 5.74. The average Bonchev–Trinajstić information content (AvgIpc) is 2.38. The highest BCUT2D eigenvalue weighted by Gasteiger charge is 2.08. The molecule has 2 rings (SSSR count). The van der Waals surface area contributed by atoms with E-state index in [2.05, 4.69) is 54.9 Å². The van der Waals surface area contributed by atoms with Crippen molar-refractivity contribution in [2.45, 2.75) is 40.2 Å². The van der Waals surface area contributed by atoms with Crippen LogP contribution in [0.1, 0.15) is 29.2 Å². The summed E-state index contributed by atoms with van der Waals surface area (Å²) in [6.07, 6.45) is 0.851. The number of halogens is 1. The molecule has 0 radical (unpaired) electrons. The van der Waals surface area contributed by atoms with Crippen LogP contribution in [0, 0.1) is 20.8 Å². The van der Waals surface area contributed by atoms with Crippen LogP contribution in [-0.2, 0) is 6.42 Å². The fraction of sp³-hybridized carbons (Fsp3) is 0.333. The molecule has 0 bridgehead atoms. The van der Waals surface area contributed by atoms with Gasteiger partial charge >= 0.3 is 0 Å². The van der Waals surface area contributed by atoms with Gasteiger partial charge in [0.2, 0.25) is 0 Å². The number of aryl methyl sites for hydroxylation is 2. The second kappa shape index (κ2) is 6.63. The first-order chi connectivity index (χ1) is 9.86. The van der Waals surface area contributed by atoms with Gasteiger partial charge in [0, 0.05) is 10.5 Å². The van der Waals surface area contributed by atoms with Crippen LogP contribution >= 0.6 is 15.9 Å². The van der Waals surface area contributed by atoms with Crippen molar-refractivity contribution in [2.24, 2.45) is 5.73 Å². The quantitative estimate of drug-likeness (QED) is 0.839. The summed E-state index contributed by atoms with van der Waals surface area (Å²) in [6.45, 7) is 8.29. The number of hydrogen-bond donors (Lipinski definition) is 1. The average molecular weight is 348 g/mol. The first kappa shape index (κ1) is 16.1. The topological polar surface area (TPSA) is 35.2 Å². The van der Waals surface area contributed by atoms with Gasteiger partial charge in [-0.3, -0.25) is 0 Å². The summed E-state index contributed by atoms with van der Waals surface area (Å²) in [5.74, 6) is 1.75. The van der Waals surface area contributed by atoms with Gasteiger partial charge in [-0.15, -0.1) is 0 Å². The predicted molar refractivity (Wildman–Crippen MR) is 92.2 cm³/mol. The smallest absolute Gasteiger partial charge is 0.130 e. The van der Waals surface area contributed by atoms with Gasteiger partial charge in [0.1, 0.15) is 11.5 Å². The summed E-state index contributed by atoms with van der Waals surface area (Å²) in [6, 6.07) is 10.5. The van der Waals surface area contributed by atoms with Crippen LogP contribution in [0.5, 0.6) is 11.5 Å². The van der Waals surface area contributed by atoms with E-state index in [4.69, 9.17) is 10.5 Å². The molecule has 1 atom stereocenters. The van der Waals surface area contributed by atoms with Crippen LogP contribution in [0.2, 0.25) is 0 Å². The van der Waals surface area contributed by atoms with Gasteiger partial charge in [-0.05, 0) is 74.6 Å². The van der Waals surface area contributed by atoms with Crippen molar-refractivity contribution in [3.05, 3.63) is 57.1 Å². The van der Waals surface area contributed by atoms with Crippen molar-refractivity contribution in [3.8, 4) is 11.5 Å². The zero-order chi connectivity index (χ0) is 15.6. The predicted octanol–water partition coefficient (Wildman–Crippen LogP) is 5.06. The van der Waals surface area contributed by atoms with E-state index < -0.39 is 0 Å². The summed E-state index contributed by atoms with van der Waals surface area (Å²) in [4.78, 5) is 0. The Kier molecular flexibility index (Phi) is 5.07. The molecule has 2 aromatic carbocycles. The Bertz CT molecular complexity index is 650. The third kappa shape index (κ3) is 4.08. The Morgan fingerprint density at radius 1 is 1.14 bits per heavy atom. The number of hydrogen-bond acceptors (Lipinski definition) is 2. The molecule has 0 aromatic heterocycles. The minimum absolute atomic E-state index is 0.148. The number of ether oxygens (including phenoxy) is 1. The molecule has 0 amide bonds. The molecular weight excluding hydrogens is 326 g/mol. The van der Waals surface area contributed by atoms with E-state index in [1.54, 1.807) is 0 Å². The highest BCUT2D eigenvalue weighted by Crippen LogP contribution is 2.31. The molecule has 0 spiro atoms. The molecule has 0 aliphatic heterocycles. The molecule has 0 saturated carbocycles. The molecule has 2 nitrogen and oxygen atoms in total. The first-order valence-electron chi connectivity index (χ1n) is 7.16. The van der Waals surface area contributed by atoms with Crippen LogP contribution in [-0.4, -0.2) is 6.04 Å². The molecule has 0 saturated heterocycles. The fourth-order valence-electron chi connectivity index (χ4n) is 2.34. The molecule has 0 fully saturated rings. The Hall–Kier alpha value is -1.32. The van der Waals surface area contributed by atoms with Crippen molar-refractivity contribution in [2.75, 3.05) is 0 Å². The van der Waals surface area contributed by atoms with E-state index in [-0.39, 0.29) is 6.04 Å². The highest BCUT2D eigenvalue weighted by molar-refractivity contribution is 9.10. The maximum atomic E-state index is 6.05. The lowest BCUT2D eigenvalue weighted by atomic mass is 10.1. The minimum atomic E-state index is 0.148. The van der Waals surface area contributed by atoms with Crippen LogP contribution in [0.3, 0.4) is 0 Å². The van der Waals surface area contributed by atoms with Crippen LogP contribution in [0.4, 0.5) is 0 Å². The van der Waals surface area contributed by atoms with Gasteiger partial charge in [0.25, 0.3) is 0 Å². The van der Waals surface area contributed by atoms with Gasteiger partial charge in [0.05, 0.1) is 0 Å². The first-order valence-corrected chi connectivity index (χ1v) is 7.96. The van der Waals surface area contributed by atoms with Crippen LogP contribution in [0.15, 0.2) is 34.8 Å². The third-order valence-electron chi connectivity index (χ3n) is 3.56. The standard InChI is InChI=1S/C18H22BrNO/c1-11-7-12(2)14(4)18(8-11)21-16-6-5-15(9-13(3)20)17(19)10-16/h5-8,10,13H,9,20H2,1-4H3. The van der Waals surface area contributed by atoms with Crippen molar-refractivity contribution >= 4 is 15.9 Å². The van der Waals surface area contributed by atoms with Gasteiger partial charge in [0.15, 0.2) is 0 Å². The van der Waals surface area contributed by atoms with E-state index in [1.165, 1.54) is 22.3 Å². The van der Waals surface area contributed by atoms with Gasteiger partial charge in [-0.1, -0.05) is 28.1 Å². The molecule has 0 aliphatic rings. The summed E-state index contributed by atoms with van der Waals surface area (Å²) in [7, 11) is 0. The molecule has 2 aromatic rings. The fourth-order valence-corrected chi connectivity index (χ4v) is 2.86.